The lowest BCUT2D eigenvalue weighted by Gasteiger charge is -2.14. The fraction of sp³-hybridized carbons (Fsp3) is 0.227. The Bertz CT molecular complexity index is 1070. The van der Waals surface area contributed by atoms with Crippen molar-refractivity contribution in [2.24, 2.45) is 0 Å². The van der Waals surface area contributed by atoms with E-state index < -0.39 is 5.97 Å². The molecule has 2 aromatic rings. The number of rotatable bonds is 8. The third-order valence-electron chi connectivity index (χ3n) is 4.32. The van der Waals surface area contributed by atoms with Gasteiger partial charge in [-0.3, -0.25) is 14.5 Å². The van der Waals surface area contributed by atoms with Gasteiger partial charge in [-0.05, 0) is 82.7 Å². The monoisotopic (exact) mass is 587 g/mol. The summed E-state index contributed by atoms with van der Waals surface area (Å²) in [5.41, 5.74) is 1.47. The number of hydrogen-bond donors (Lipinski definition) is 0. The van der Waals surface area contributed by atoms with Crippen molar-refractivity contribution in [2.45, 2.75) is 13.5 Å². The van der Waals surface area contributed by atoms with Gasteiger partial charge < -0.3 is 14.2 Å². The van der Waals surface area contributed by atoms with E-state index in [-0.39, 0.29) is 24.3 Å². The molecule has 0 spiro atoms. The summed E-state index contributed by atoms with van der Waals surface area (Å²) < 4.78 is 16.5. The highest BCUT2D eigenvalue weighted by molar-refractivity contribution is 14.1. The van der Waals surface area contributed by atoms with E-state index in [0.717, 1.165) is 17.3 Å². The van der Waals surface area contributed by atoms with Crippen molar-refractivity contribution in [3.63, 3.8) is 0 Å². The van der Waals surface area contributed by atoms with Crippen LogP contribution >= 0.6 is 46.0 Å². The molecule has 2 aromatic carbocycles. The van der Waals surface area contributed by atoms with Crippen molar-refractivity contribution in [1.29, 1.82) is 0 Å². The highest BCUT2D eigenvalue weighted by Crippen LogP contribution is 2.38. The fourth-order valence-corrected chi connectivity index (χ4v) is 4.57. The maximum absolute atomic E-state index is 12.8. The van der Waals surface area contributed by atoms with Gasteiger partial charge in [0, 0.05) is 5.02 Å². The first-order valence-electron chi connectivity index (χ1n) is 9.48. The van der Waals surface area contributed by atoms with Gasteiger partial charge >= 0.3 is 5.97 Å². The molecule has 168 valence electrons. The average Bonchev–Trinajstić information content (AvgIpc) is 3.02. The van der Waals surface area contributed by atoms with Crippen LogP contribution in [-0.4, -0.2) is 42.3 Å². The molecule has 0 saturated carbocycles. The Labute approximate surface area is 208 Å². The normalized spacial score (nSPS) is 14.8. The van der Waals surface area contributed by atoms with Crippen LogP contribution in [0.15, 0.2) is 41.3 Å². The Morgan fingerprint density at radius 1 is 1.19 bits per heavy atom. The van der Waals surface area contributed by atoms with Crippen LogP contribution in [0.1, 0.15) is 18.1 Å². The zero-order valence-corrected chi connectivity index (χ0v) is 21.0. The highest BCUT2D eigenvalue weighted by atomic mass is 127. The number of carbonyl (C=O) groups is 3. The summed E-state index contributed by atoms with van der Waals surface area (Å²) in [4.78, 5) is 38.2. The molecule has 1 heterocycles. The second-order valence-electron chi connectivity index (χ2n) is 6.52. The molecule has 0 N–H and O–H groups in total. The number of benzene rings is 2. The standard InChI is InChI=1S/C22H19ClINO6S/c1-3-30-17-9-14(8-16(24)20(17)31-12-19(26)29-2)10-18-21(27)25(22(28)32-18)11-13-4-6-15(23)7-5-13/h4-10H,3,11-12H2,1-2H3/b18-10+. The van der Waals surface area contributed by atoms with Crippen LogP contribution < -0.4 is 9.47 Å². The number of amides is 2. The minimum absolute atomic E-state index is 0.168. The third-order valence-corrected chi connectivity index (χ3v) is 6.28. The molecule has 0 unspecified atom stereocenters. The molecule has 1 saturated heterocycles. The lowest BCUT2D eigenvalue weighted by molar-refractivity contribution is -0.143. The molecule has 0 bridgehead atoms. The summed E-state index contributed by atoms with van der Waals surface area (Å²) in [6, 6.07) is 10.5. The van der Waals surface area contributed by atoms with Crippen LogP contribution in [0.3, 0.4) is 0 Å². The molecule has 0 atom stereocenters. The van der Waals surface area contributed by atoms with Gasteiger partial charge in [0.15, 0.2) is 18.1 Å². The topological polar surface area (TPSA) is 82.1 Å². The van der Waals surface area contributed by atoms with Gasteiger partial charge in [-0.1, -0.05) is 23.7 Å². The van der Waals surface area contributed by atoms with Gasteiger partial charge in [-0.15, -0.1) is 0 Å². The van der Waals surface area contributed by atoms with E-state index in [1.165, 1.54) is 12.0 Å². The van der Waals surface area contributed by atoms with Crippen molar-refractivity contribution in [1.82, 2.24) is 4.90 Å². The minimum Gasteiger partial charge on any atom is -0.490 e. The predicted molar refractivity (Wildman–Crippen MR) is 131 cm³/mol. The van der Waals surface area contributed by atoms with Crippen LogP contribution in [0, 0.1) is 3.57 Å². The van der Waals surface area contributed by atoms with E-state index in [1.54, 1.807) is 42.5 Å². The Morgan fingerprint density at radius 3 is 2.56 bits per heavy atom. The van der Waals surface area contributed by atoms with Crippen molar-refractivity contribution in [3.8, 4) is 11.5 Å². The summed E-state index contributed by atoms with van der Waals surface area (Å²) in [6.07, 6.45) is 1.64. The minimum atomic E-state index is -0.512. The Kier molecular flexibility index (Phi) is 8.44. The number of nitrogens with zero attached hydrogens (tertiary/aromatic N) is 1. The van der Waals surface area contributed by atoms with E-state index in [2.05, 4.69) is 27.3 Å². The number of imide groups is 1. The lowest BCUT2D eigenvalue weighted by Crippen LogP contribution is -2.27. The first kappa shape index (κ1) is 24.4. The third kappa shape index (κ3) is 5.96. The molecule has 1 fully saturated rings. The molecule has 3 rings (SSSR count). The number of methoxy groups -OCH3 is 1. The molecule has 10 heteroatoms. The van der Waals surface area contributed by atoms with Gasteiger partial charge in [0.2, 0.25) is 0 Å². The maximum atomic E-state index is 12.8. The van der Waals surface area contributed by atoms with E-state index in [4.69, 9.17) is 21.1 Å². The van der Waals surface area contributed by atoms with E-state index in [9.17, 15) is 14.4 Å². The summed E-state index contributed by atoms with van der Waals surface area (Å²) in [5, 5.41) is 0.246. The molecule has 32 heavy (non-hydrogen) atoms. The maximum Gasteiger partial charge on any atom is 0.343 e. The first-order chi connectivity index (χ1) is 15.3. The molecule has 0 aromatic heterocycles. The van der Waals surface area contributed by atoms with E-state index in [0.29, 0.717) is 37.2 Å². The van der Waals surface area contributed by atoms with Gasteiger partial charge in [-0.25, -0.2) is 4.79 Å². The molecule has 0 aliphatic carbocycles. The predicted octanol–water partition coefficient (Wildman–Crippen LogP) is 5.13. The molecule has 1 aliphatic heterocycles. The number of carbonyl (C=O) groups excluding carboxylic acids is 3. The fourth-order valence-electron chi connectivity index (χ4n) is 2.82. The summed E-state index contributed by atoms with van der Waals surface area (Å²) >= 11 is 8.84. The Balaban J connectivity index is 1.83. The number of halogens is 2. The highest BCUT2D eigenvalue weighted by Gasteiger charge is 2.35. The lowest BCUT2D eigenvalue weighted by atomic mass is 10.1. The van der Waals surface area contributed by atoms with Crippen LogP contribution in [0.2, 0.25) is 5.02 Å². The van der Waals surface area contributed by atoms with Crippen LogP contribution in [-0.2, 0) is 20.9 Å². The number of thioether (sulfide) groups is 1. The SMILES string of the molecule is CCOc1cc(/C=C2/SC(=O)N(Cc3ccc(Cl)cc3)C2=O)cc(I)c1OCC(=O)OC. The summed E-state index contributed by atoms with van der Waals surface area (Å²) in [6.45, 7) is 2.12. The van der Waals surface area contributed by atoms with Crippen LogP contribution in [0.5, 0.6) is 11.5 Å². The zero-order chi connectivity index (χ0) is 23.3. The van der Waals surface area contributed by atoms with Gasteiger partial charge in [0.05, 0.1) is 28.7 Å². The molecular weight excluding hydrogens is 569 g/mol. The van der Waals surface area contributed by atoms with Gasteiger partial charge in [0.25, 0.3) is 11.1 Å². The van der Waals surface area contributed by atoms with Crippen molar-refractivity contribution in [3.05, 3.63) is 61.0 Å². The smallest absolute Gasteiger partial charge is 0.343 e. The van der Waals surface area contributed by atoms with Gasteiger partial charge in [0.1, 0.15) is 0 Å². The molecule has 7 nitrogen and oxygen atoms in total. The number of esters is 1. The average molecular weight is 588 g/mol. The summed E-state index contributed by atoms with van der Waals surface area (Å²) in [7, 11) is 1.28. The van der Waals surface area contributed by atoms with Crippen LogP contribution in [0.4, 0.5) is 4.79 Å². The Hall–Kier alpha value is -2.24. The van der Waals surface area contributed by atoms with E-state index >= 15 is 0 Å². The zero-order valence-electron chi connectivity index (χ0n) is 17.2. The summed E-state index contributed by atoms with van der Waals surface area (Å²) in [5.74, 6) is -0.0450. The number of hydrogen-bond acceptors (Lipinski definition) is 7. The quantitative estimate of drug-likeness (QED) is 0.241. The molecule has 0 radical (unpaired) electrons. The second kappa shape index (κ2) is 11.1. The number of ether oxygens (including phenoxy) is 3. The van der Waals surface area contributed by atoms with Gasteiger partial charge in [-0.2, -0.15) is 0 Å². The van der Waals surface area contributed by atoms with Crippen molar-refractivity contribution >= 4 is 69.1 Å². The second-order valence-corrected chi connectivity index (χ2v) is 9.11. The Morgan fingerprint density at radius 2 is 1.91 bits per heavy atom. The molecular formula is C22H19ClINO6S. The van der Waals surface area contributed by atoms with Crippen LogP contribution in [0.25, 0.3) is 6.08 Å². The van der Waals surface area contributed by atoms with Crippen molar-refractivity contribution < 1.29 is 28.6 Å². The van der Waals surface area contributed by atoms with E-state index in [1.807, 2.05) is 6.92 Å². The molecule has 1 aliphatic rings. The molecule has 2 amide bonds. The van der Waals surface area contributed by atoms with Crippen molar-refractivity contribution in [2.75, 3.05) is 20.3 Å². The first-order valence-corrected chi connectivity index (χ1v) is 11.8. The largest absolute Gasteiger partial charge is 0.490 e.